The smallest absolute Gasteiger partial charge is 0.335 e. The van der Waals surface area contributed by atoms with E-state index in [-0.39, 0.29) is 40.1 Å². The van der Waals surface area contributed by atoms with Gasteiger partial charge in [0.15, 0.2) is 5.65 Å². The lowest BCUT2D eigenvalue weighted by Gasteiger charge is -2.16. The number of hydrogen-bond acceptors (Lipinski definition) is 7. The van der Waals surface area contributed by atoms with Gasteiger partial charge in [0.25, 0.3) is 11.8 Å². The summed E-state index contributed by atoms with van der Waals surface area (Å²) in [5, 5.41) is 24.4. The number of carbonyl (C=O) groups excluding carboxylic acids is 2. The van der Waals surface area contributed by atoms with Crippen LogP contribution in [0.4, 0.5) is 0 Å². The van der Waals surface area contributed by atoms with Crippen LogP contribution in [0.2, 0.25) is 0 Å². The highest BCUT2D eigenvalue weighted by Crippen LogP contribution is 2.35. The van der Waals surface area contributed by atoms with Gasteiger partial charge in [-0.1, -0.05) is 18.2 Å². The summed E-state index contributed by atoms with van der Waals surface area (Å²) in [5.41, 5.74) is 3.56. The minimum atomic E-state index is -3.89. The van der Waals surface area contributed by atoms with Gasteiger partial charge in [-0.3, -0.25) is 9.59 Å². The summed E-state index contributed by atoms with van der Waals surface area (Å²) in [5.74, 6) is -2.04. The molecule has 1 aliphatic carbocycles. The Bertz CT molecular complexity index is 1760. The van der Waals surface area contributed by atoms with Crippen molar-refractivity contribution in [2.75, 3.05) is 0 Å². The zero-order chi connectivity index (χ0) is 27.9. The van der Waals surface area contributed by atoms with E-state index >= 15 is 0 Å². The molecule has 0 bridgehead atoms. The third-order valence-electron chi connectivity index (χ3n) is 6.73. The minimum Gasteiger partial charge on any atom is -0.478 e. The topological polar surface area (TPSA) is 186 Å². The summed E-state index contributed by atoms with van der Waals surface area (Å²) >= 11 is 0. The third-order valence-corrected chi connectivity index (χ3v) is 7.64. The van der Waals surface area contributed by atoms with Crippen molar-refractivity contribution >= 4 is 33.5 Å². The molecule has 0 aliphatic heterocycles. The first kappa shape index (κ1) is 26.0. The van der Waals surface area contributed by atoms with Gasteiger partial charge >= 0.3 is 5.97 Å². The van der Waals surface area contributed by atoms with Gasteiger partial charge in [0, 0.05) is 18.7 Å². The van der Waals surface area contributed by atoms with E-state index in [1.807, 2.05) is 0 Å². The van der Waals surface area contributed by atoms with Crippen LogP contribution in [0, 0.1) is 6.92 Å². The zero-order valence-electron chi connectivity index (χ0n) is 20.7. The van der Waals surface area contributed by atoms with E-state index in [1.165, 1.54) is 35.0 Å². The van der Waals surface area contributed by atoms with Crippen LogP contribution < -0.4 is 15.8 Å². The Morgan fingerprint density at radius 3 is 2.67 bits per heavy atom. The van der Waals surface area contributed by atoms with Gasteiger partial charge in [0.1, 0.15) is 11.4 Å². The number of fused-ring (bicyclic) bond motifs is 2. The molecule has 2 heterocycles. The van der Waals surface area contributed by atoms with Crippen molar-refractivity contribution in [1.82, 2.24) is 25.2 Å². The highest BCUT2D eigenvalue weighted by Gasteiger charge is 2.28. The zero-order valence-corrected chi connectivity index (χ0v) is 21.5. The van der Waals surface area contributed by atoms with Gasteiger partial charge in [0.05, 0.1) is 22.7 Å². The fraction of sp³-hybridized carbons (Fsp3) is 0.192. The molecule has 2 aromatic heterocycles. The number of hydrogen-bond donors (Lipinski definition) is 4. The number of aromatic nitrogens is 3. The lowest BCUT2D eigenvalue weighted by molar-refractivity contribution is 0.0695. The summed E-state index contributed by atoms with van der Waals surface area (Å²) in [6, 6.07) is 11.7. The number of carboxylic acid groups (broad SMARTS) is 1. The van der Waals surface area contributed by atoms with Crippen LogP contribution in [0.1, 0.15) is 66.1 Å². The molecule has 0 saturated carbocycles. The molecule has 4 aromatic rings. The Balaban J connectivity index is 1.37. The van der Waals surface area contributed by atoms with Gasteiger partial charge in [-0.15, -0.1) is 0 Å². The van der Waals surface area contributed by atoms with Crippen molar-refractivity contribution in [3.63, 3.8) is 0 Å². The maximum atomic E-state index is 13.4. The summed E-state index contributed by atoms with van der Waals surface area (Å²) in [6.07, 6.45) is 2.69. The first-order chi connectivity index (χ1) is 18.5. The van der Waals surface area contributed by atoms with Crippen LogP contribution in [0.15, 0.2) is 59.6 Å². The summed E-state index contributed by atoms with van der Waals surface area (Å²) in [6.45, 7) is 1.77. The van der Waals surface area contributed by atoms with Crippen molar-refractivity contribution in [1.29, 1.82) is 0 Å². The van der Waals surface area contributed by atoms with Gasteiger partial charge < -0.3 is 15.7 Å². The molecule has 13 heteroatoms. The second kappa shape index (κ2) is 9.93. The molecule has 12 nitrogen and oxygen atoms in total. The summed E-state index contributed by atoms with van der Waals surface area (Å²) < 4.78 is 24.5. The predicted octanol–water partition coefficient (Wildman–Crippen LogP) is 1.73. The molecule has 200 valence electrons. The average Bonchev–Trinajstić information content (AvgIpc) is 3.54. The first-order valence-corrected chi connectivity index (χ1v) is 13.5. The van der Waals surface area contributed by atoms with Crippen molar-refractivity contribution in [2.45, 2.75) is 37.2 Å². The van der Waals surface area contributed by atoms with Crippen LogP contribution in [-0.4, -0.2) is 45.9 Å². The largest absolute Gasteiger partial charge is 0.478 e. The van der Waals surface area contributed by atoms with Crippen LogP contribution in [-0.2, 0) is 23.0 Å². The number of amides is 2. The minimum absolute atomic E-state index is 0.00633. The normalized spacial score (nSPS) is 14.7. The van der Waals surface area contributed by atoms with E-state index in [4.69, 9.17) is 5.14 Å². The van der Waals surface area contributed by atoms with Gasteiger partial charge in [-0.05, 0) is 60.2 Å². The van der Waals surface area contributed by atoms with E-state index in [1.54, 1.807) is 31.2 Å². The van der Waals surface area contributed by atoms with E-state index < -0.39 is 27.8 Å². The molecule has 5 rings (SSSR count). The molecule has 2 amide bonds. The van der Waals surface area contributed by atoms with Crippen molar-refractivity contribution < 1.29 is 27.9 Å². The summed E-state index contributed by atoms with van der Waals surface area (Å²) in [4.78, 5) is 42.0. The molecule has 0 spiro atoms. The monoisotopic (exact) mass is 548 g/mol. The van der Waals surface area contributed by atoms with Crippen molar-refractivity contribution in [3.8, 4) is 0 Å². The number of nitrogens with two attached hydrogens (primary N) is 1. The Hall–Kier alpha value is -4.62. The Kier molecular flexibility index (Phi) is 6.62. The van der Waals surface area contributed by atoms with Crippen LogP contribution in [0.25, 0.3) is 5.65 Å². The van der Waals surface area contributed by atoms with Crippen molar-refractivity contribution in [2.24, 2.45) is 5.14 Å². The quantitative estimate of drug-likeness (QED) is 0.269. The predicted molar refractivity (Wildman–Crippen MR) is 139 cm³/mol. The van der Waals surface area contributed by atoms with E-state index in [0.29, 0.717) is 24.0 Å². The molecule has 0 saturated heterocycles. The number of sulfonamides is 1. The fourth-order valence-electron chi connectivity index (χ4n) is 4.79. The molecule has 1 aliphatic rings. The average molecular weight is 549 g/mol. The number of carbonyl (C=O) groups is 3. The SMILES string of the molecule is Cc1c(C(=O)O)ccc2c1CC[C@@H]2NC(=O)c1cc(C(=O)NCc2cccc(S(N)(=O)=O)c2)nc2ccnn12. The number of nitrogens with zero attached hydrogens (tertiary/aromatic N) is 3. The first-order valence-electron chi connectivity index (χ1n) is 11.9. The molecule has 0 unspecified atom stereocenters. The molecule has 1 atom stereocenters. The number of aromatic carboxylic acids is 1. The van der Waals surface area contributed by atoms with Crippen LogP contribution >= 0.6 is 0 Å². The second-order valence-corrected chi connectivity index (χ2v) is 10.7. The maximum absolute atomic E-state index is 13.4. The number of benzene rings is 2. The standard InChI is InChI=1S/C26H24N6O6S/c1-14-17-7-8-20(19(17)6-5-18(14)26(35)36)31-25(34)22-12-21(30-23-9-10-29-32(22)23)24(33)28-13-15-3-2-4-16(11-15)39(27,37)38/h2-6,9-12,20H,7-8,13H2,1H3,(H,28,33)(H,31,34)(H,35,36)(H2,27,37,38)/t20-/m0/s1. The number of rotatable bonds is 7. The van der Waals surface area contributed by atoms with Crippen molar-refractivity contribution in [3.05, 3.63) is 93.9 Å². The number of carboxylic acids is 1. The summed E-state index contributed by atoms with van der Waals surface area (Å²) in [7, 11) is -3.89. The Labute approximate surface area is 222 Å². The lowest BCUT2D eigenvalue weighted by atomic mass is 9.98. The van der Waals surface area contributed by atoms with Crippen LogP contribution in [0.5, 0.6) is 0 Å². The number of nitrogens with one attached hydrogen (secondary N) is 2. The van der Waals surface area contributed by atoms with E-state index in [2.05, 4.69) is 20.7 Å². The lowest BCUT2D eigenvalue weighted by Crippen LogP contribution is -2.30. The third kappa shape index (κ3) is 5.09. The highest BCUT2D eigenvalue weighted by atomic mass is 32.2. The van der Waals surface area contributed by atoms with Gasteiger partial charge in [0.2, 0.25) is 10.0 Å². The maximum Gasteiger partial charge on any atom is 0.335 e. The fourth-order valence-corrected chi connectivity index (χ4v) is 5.37. The Morgan fingerprint density at radius 2 is 1.92 bits per heavy atom. The second-order valence-electron chi connectivity index (χ2n) is 9.18. The molecule has 0 radical (unpaired) electrons. The molecule has 2 aromatic carbocycles. The van der Waals surface area contributed by atoms with Gasteiger partial charge in [-0.25, -0.2) is 27.9 Å². The molecule has 0 fully saturated rings. The Morgan fingerprint density at radius 1 is 1.13 bits per heavy atom. The molecular formula is C26H24N6O6S. The van der Waals surface area contributed by atoms with Gasteiger partial charge in [-0.2, -0.15) is 5.10 Å². The number of primary sulfonamides is 1. The highest BCUT2D eigenvalue weighted by molar-refractivity contribution is 7.89. The molecule has 39 heavy (non-hydrogen) atoms. The molecule has 5 N–H and O–H groups in total. The van der Waals surface area contributed by atoms with Crippen LogP contribution in [0.3, 0.4) is 0 Å². The van der Waals surface area contributed by atoms with E-state index in [9.17, 15) is 27.9 Å². The van der Waals surface area contributed by atoms with E-state index in [0.717, 1.165) is 11.1 Å². The molecular weight excluding hydrogens is 524 g/mol.